The Hall–Kier alpha value is -1.26. The molecular formula is C15H16O2S2. The Labute approximate surface area is 121 Å². The molecule has 2 rings (SSSR count). The molecule has 19 heavy (non-hydrogen) atoms. The Bertz CT molecular complexity index is 494. The number of carboxylic acid groups (broad SMARTS) is 1. The summed E-state index contributed by atoms with van der Waals surface area (Å²) in [6.07, 6.45) is 1.53. The predicted molar refractivity (Wildman–Crippen MR) is 82.1 cm³/mol. The van der Waals surface area contributed by atoms with Crippen LogP contribution in [0, 0.1) is 0 Å². The molecule has 0 bridgehead atoms. The van der Waals surface area contributed by atoms with Crippen LogP contribution in [0.4, 0.5) is 0 Å². The number of thiophene rings is 1. The number of hydrogen-bond donors (Lipinski definition) is 1. The second kappa shape index (κ2) is 7.36. The summed E-state index contributed by atoms with van der Waals surface area (Å²) in [7, 11) is 0. The number of carboxylic acids is 1. The molecule has 0 aliphatic heterocycles. The molecule has 0 aliphatic carbocycles. The number of benzene rings is 1. The lowest BCUT2D eigenvalue weighted by atomic mass is 10.1. The summed E-state index contributed by atoms with van der Waals surface area (Å²) >= 11 is 3.21. The van der Waals surface area contributed by atoms with E-state index in [0.29, 0.717) is 6.42 Å². The van der Waals surface area contributed by atoms with Gasteiger partial charge in [0.15, 0.2) is 0 Å². The van der Waals surface area contributed by atoms with E-state index in [1.165, 1.54) is 17.3 Å². The molecule has 1 aromatic heterocycles. The predicted octanol–water partition coefficient (Wildman–Crippen LogP) is 3.72. The van der Waals surface area contributed by atoms with Gasteiger partial charge in [-0.1, -0.05) is 30.3 Å². The van der Waals surface area contributed by atoms with Crippen LogP contribution in [0.15, 0.2) is 47.2 Å². The topological polar surface area (TPSA) is 37.3 Å². The van der Waals surface area contributed by atoms with Crippen LogP contribution in [0.3, 0.4) is 0 Å². The first-order valence-corrected chi connectivity index (χ1v) is 8.14. The van der Waals surface area contributed by atoms with Crippen molar-refractivity contribution in [1.29, 1.82) is 0 Å². The molecule has 0 spiro atoms. The summed E-state index contributed by atoms with van der Waals surface area (Å²) in [5.41, 5.74) is 2.37. The summed E-state index contributed by atoms with van der Waals surface area (Å²) in [6, 6.07) is 11.9. The van der Waals surface area contributed by atoms with E-state index in [0.717, 1.165) is 17.7 Å². The van der Waals surface area contributed by atoms with Gasteiger partial charge in [-0.25, -0.2) is 0 Å². The van der Waals surface area contributed by atoms with Crippen LogP contribution in [0.1, 0.15) is 11.1 Å². The minimum absolute atomic E-state index is 0.360. The van der Waals surface area contributed by atoms with Crippen molar-refractivity contribution in [3.8, 4) is 0 Å². The number of hydrogen-bond acceptors (Lipinski definition) is 3. The fraction of sp³-hybridized carbons (Fsp3) is 0.267. The minimum atomic E-state index is -0.723. The van der Waals surface area contributed by atoms with Gasteiger partial charge >= 0.3 is 5.97 Å². The molecular weight excluding hydrogens is 276 g/mol. The van der Waals surface area contributed by atoms with E-state index in [4.69, 9.17) is 0 Å². The Balaban J connectivity index is 1.84. The highest BCUT2D eigenvalue weighted by Gasteiger charge is 2.18. The van der Waals surface area contributed by atoms with Crippen molar-refractivity contribution in [3.63, 3.8) is 0 Å². The van der Waals surface area contributed by atoms with Crippen molar-refractivity contribution in [3.05, 3.63) is 58.3 Å². The van der Waals surface area contributed by atoms with Crippen LogP contribution >= 0.6 is 23.1 Å². The van der Waals surface area contributed by atoms with Crippen LogP contribution in [-0.4, -0.2) is 22.1 Å². The van der Waals surface area contributed by atoms with Crippen LogP contribution in [0.2, 0.25) is 0 Å². The molecule has 1 atom stereocenters. The highest BCUT2D eigenvalue weighted by molar-refractivity contribution is 8.00. The Kier molecular flexibility index (Phi) is 5.48. The highest BCUT2D eigenvalue weighted by atomic mass is 32.2. The molecule has 1 heterocycles. The molecule has 0 saturated carbocycles. The first kappa shape index (κ1) is 14.2. The molecule has 0 amide bonds. The van der Waals surface area contributed by atoms with Gasteiger partial charge in [0.2, 0.25) is 0 Å². The smallest absolute Gasteiger partial charge is 0.316 e. The minimum Gasteiger partial charge on any atom is -0.480 e. The molecule has 1 aromatic carbocycles. The van der Waals surface area contributed by atoms with Gasteiger partial charge in [-0.15, -0.1) is 11.8 Å². The summed E-state index contributed by atoms with van der Waals surface area (Å²) in [4.78, 5) is 11.3. The number of carbonyl (C=O) groups is 1. The molecule has 0 aliphatic rings. The van der Waals surface area contributed by atoms with Gasteiger partial charge in [0, 0.05) is 0 Å². The fourth-order valence-electron chi connectivity index (χ4n) is 1.80. The normalized spacial score (nSPS) is 12.2. The summed E-state index contributed by atoms with van der Waals surface area (Å²) < 4.78 is 0. The molecule has 2 aromatic rings. The number of aryl methyl sites for hydroxylation is 1. The first-order valence-electron chi connectivity index (χ1n) is 6.15. The molecule has 0 fully saturated rings. The third kappa shape index (κ3) is 4.73. The largest absolute Gasteiger partial charge is 0.480 e. The first-order chi connectivity index (χ1) is 9.25. The maximum absolute atomic E-state index is 11.3. The molecule has 1 unspecified atom stereocenters. The average Bonchev–Trinajstić information content (AvgIpc) is 2.92. The molecule has 4 heteroatoms. The van der Waals surface area contributed by atoms with Crippen molar-refractivity contribution in [2.45, 2.75) is 18.1 Å². The Morgan fingerprint density at radius 3 is 2.63 bits per heavy atom. The summed E-state index contributed by atoms with van der Waals surface area (Å²) in [5.74, 6) is 0.125. The average molecular weight is 292 g/mol. The van der Waals surface area contributed by atoms with Gasteiger partial charge in [-0.3, -0.25) is 4.79 Å². The number of aliphatic carboxylic acids is 1. The maximum Gasteiger partial charge on any atom is 0.316 e. The van der Waals surface area contributed by atoms with Crippen molar-refractivity contribution < 1.29 is 9.90 Å². The van der Waals surface area contributed by atoms with Crippen LogP contribution in [-0.2, 0) is 17.6 Å². The lowest BCUT2D eigenvalue weighted by Crippen LogP contribution is -2.20. The van der Waals surface area contributed by atoms with Gasteiger partial charge in [0.25, 0.3) is 0 Å². The molecule has 1 N–H and O–H groups in total. The fourth-order valence-corrected chi connectivity index (χ4v) is 3.59. The lowest BCUT2D eigenvalue weighted by Gasteiger charge is -2.11. The standard InChI is InChI=1S/C15H16O2S2/c16-15(17)14(10-12-4-2-1-3-5-12)19-9-7-13-6-8-18-11-13/h1-6,8,11,14H,7,9-10H2,(H,16,17). The Morgan fingerprint density at radius 2 is 2.00 bits per heavy atom. The van der Waals surface area contributed by atoms with Crippen LogP contribution < -0.4 is 0 Å². The lowest BCUT2D eigenvalue weighted by molar-refractivity contribution is -0.136. The number of rotatable bonds is 7. The van der Waals surface area contributed by atoms with Gasteiger partial charge in [0.1, 0.15) is 5.25 Å². The zero-order chi connectivity index (χ0) is 13.5. The number of thioether (sulfide) groups is 1. The van der Waals surface area contributed by atoms with E-state index in [1.54, 1.807) is 11.3 Å². The SMILES string of the molecule is O=C(O)C(Cc1ccccc1)SCCc1ccsc1. The van der Waals surface area contributed by atoms with E-state index in [1.807, 2.05) is 30.3 Å². The molecule has 100 valence electrons. The molecule has 2 nitrogen and oxygen atoms in total. The van der Waals surface area contributed by atoms with Gasteiger partial charge in [-0.05, 0) is 46.5 Å². The van der Waals surface area contributed by atoms with Crippen molar-refractivity contribution in [1.82, 2.24) is 0 Å². The van der Waals surface area contributed by atoms with Crippen LogP contribution in [0.25, 0.3) is 0 Å². The van der Waals surface area contributed by atoms with Gasteiger partial charge < -0.3 is 5.11 Å². The summed E-state index contributed by atoms with van der Waals surface area (Å²) in [6.45, 7) is 0. The van der Waals surface area contributed by atoms with Crippen molar-refractivity contribution in [2.24, 2.45) is 0 Å². The third-order valence-corrected chi connectivity index (χ3v) is 4.77. The summed E-state index contributed by atoms with van der Waals surface area (Å²) in [5, 5.41) is 13.1. The molecule has 0 radical (unpaired) electrons. The van der Waals surface area contributed by atoms with Crippen molar-refractivity contribution in [2.75, 3.05) is 5.75 Å². The Morgan fingerprint density at radius 1 is 1.21 bits per heavy atom. The van der Waals surface area contributed by atoms with Crippen LogP contribution in [0.5, 0.6) is 0 Å². The maximum atomic E-state index is 11.3. The van der Waals surface area contributed by atoms with Crippen molar-refractivity contribution >= 4 is 29.1 Å². The zero-order valence-corrected chi connectivity index (χ0v) is 12.1. The van der Waals surface area contributed by atoms with E-state index in [9.17, 15) is 9.90 Å². The monoisotopic (exact) mass is 292 g/mol. The highest BCUT2D eigenvalue weighted by Crippen LogP contribution is 2.19. The zero-order valence-electron chi connectivity index (χ0n) is 10.5. The van der Waals surface area contributed by atoms with E-state index >= 15 is 0 Å². The third-order valence-electron chi connectivity index (χ3n) is 2.83. The quantitative estimate of drug-likeness (QED) is 0.845. The molecule has 0 saturated heterocycles. The van der Waals surface area contributed by atoms with E-state index in [-0.39, 0.29) is 5.25 Å². The van der Waals surface area contributed by atoms with E-state index < -0.39 is 5.97 Å². The van der Waals surface area contributed by atoms with Gasteiger partial charge in [-0.2, -0.15) is 11.3 Å². The van der Waals surface area contributed by atoms with E-state index in [2.05, 4.69) is 16.8 Å². The second-order valence-electron chi connectivity index (χ2n) is 4.27. The second-order valence-corrected chi connectivity index (χ2v) is 6.36. The van der Waals surface area contributed by atoms with Gasteiger partial charge in [0.05, 0.1) is 0 Å².